The fourth-order valence-electron chi connectivity index (χ4n) is 3.29. The van der Waals surface area contributed by atoms with Gasteiger partial charge in [-0.15, -0.1) is 0 Å². The van der Waals surface area contributed by atoms with Crippen LogP contribution in [0.5, 0.6) is 0 Å². The molecule has 0 saturated heterocycles. The molecule has 4 unspecified atom stereocenters. The van der Waals surface area contributed by atoms with Gasteiger partial charge in [0.15, 0.2) is 0 Å². The van der Waals surface area contributed by atoms with Crippen LogP contribution in [0.3, 0.4) is 0 Å². The minimum Gasteiger partial charge on any atom is -0.390 e. The van der Waals surface area contributed by atoms with Gasteiger partial charge in [-0.1, -0.05) is 30.3 Å². The van der Waals surface area contributed by atoms with Crippen LogP contribution in [0.25, 0.3) is 0 Å². The molecular weight excluding hydrogens is 198 g/mol. The number of rotatable bonds is 2. The molecule has 0 bridgehead atoms. The van der Waals surface area contributed by atoms with Crippen LogP contribution in [0.4, 0.5) is 0 Å². The highest BCUT2D eigenvalue weighted by Crippen LogP contribution is 2.57. The average Bonchev–Trinajstić information content (AvgIpc) is 3.02. The Morgan fingerprint density at radius 2 is 2.00 bits per heavy atom. The molecule has 1 aromatic rings. The summed E-state index contributed by atoms with van der Waals surface area (Å²) in [4.78, 5) is 0. The summed E-state index contributed by atoms with van der Waals surface area (Å²) in [5, 5.41) is 10.6. The van der Waals surface area contributed by atoms with Crippen LogP contribution in [0.1, 0.15) is 37.2 Å². The molecule has 2 saturated carbocycles. The number of nitrogens with two attached hydrogens (primary N) is 1. The van der Waals surface area contributed by atoms with Gasteiger partial charge in [0.2, 0.25) is 0 Å². The Hall–Kier alpha value is -0.860. The summed E-state index contributed by atoms with van der Waals surface area (Å²) in [5.41, 5.74) is 6.80. The Morgan fingerprint density at radius 3 is 2.62 bits per heavy atom. The Morgan fingerprint density at radius 1 is 1.25 bits per heavy atom. The van der Waals surface area contributed by atoms with E-state index in [4.69, 9.17) is 5.73 Å². The lowest BCUT2D eigenvalue weighted by molar-refractivity contribution is 0.0215. The topological polar surface area (TPSA) is 46.2 Å². The SMILES string of the molecule is NC1CCC(O)(C2CC2c2ccccc2)C1. The third-order valence-electron chi connectivity index (χ3n) is 4.27. The van der Waals surface area contributed by atoms with E-state index >= 15 is 0 Å². The lowest BCUT2D eigenvalue weighted by Gasteiger charge is -2.22. The fraction of sp³-hybridized carbons (Fsp3) is 0.571. The third-order valence-corrected chi connectivity index (χ3v) is 4.27. The van der Waals surface area contributed by atoms with E-state index in [0.717, 1.165) is 25.7 Å². The van der Waals surface area contributed by atoms with Gasteiger partial charge < -0.3 is 10.8 Å². The predicted molar refractivity (Wildman–Crippen MR) is 64.1 cm³/mol. The minimum atomic E-state index is -0.472. The molecule has 2 aliphatic carbocycles. The molecule has 0 amide bonds. The first-order chi connectivity index (χ1) is 7.69. The monoisotopic (exact) mass is 217 g/mol. The zero-order valence-electron chi connectivity index (χ0n) is 9.47. The van der Waals surface area contributed by atoms with Crippen molar-refractivity contribution in [2.45, 2.75) is 43.2 Å². The van der Waals surface area contributed by atoms with E-state index in [1.165, 1.54) is 5.56 Å². The molecule has 0 aromatic heterocycles. The van der Waals surface area contributed by atoms with Crippen molar-refractivity contribution in [3.8, 4) is 0 Å². The molecule has 3 rings (SSSR count). The molecular formula is C14H19NO. The second kappa shape index (κ2) is 3.57. The standard InChI is InChI=1S/C14H19NO/c15-11-6-7-14(16,9-11)13-8-12(13)10-4-2-1-3-5-10/h1-5,11-13,16H,6-9,15H2. The average molecular weight is 217 g/mol. The Bertz CT molecular complexity index is 378. The molecule has 86 valence electrons. The highest BCUT2D eigenvalue weighted by Gasteiger charge is 2.54. The van der Waals surface area contributed by atoms with Crippen LogP contribution < -0.4 is 5.73 Å². The van der Waals surface area contributed by atoms with Gasteiger partial charge in [-0.05, 0) is 43.1 Å². The van der Waals surface area contributed by atoms with Crippen molar-refractivity contribution < 1.29 is 5.11 Å². The van der Waals surface area contributed by atoms with E-state index in [-0.39, 0.29) is 6.04 Å². The van der Waals surface area contributed by atoms with Crippen LogP contribution in [0.2, 0.25) is 0 Å². The first-order valence-electron chi connectivity index (χ1n) is 6.22. The molecule has 0 spiro atoms. The molecule has 3 N–H and O–H groups in total. The first-order valence-corrected chi connectivity index (χ1v) is 6.22. The van der Waals surface area contributed by atoms with Crippen LogP contribution in [-0.4, -0.2) is 16.7 Å². The van der Waals surface area contributed by atoms with E-state index in [1.54, 1.807) is 0 Å². The maximum Gasteiger partial charge on any atom is 0.0697 e. The highest BCUT2D eigenvalue weighted by molar-refractivity contribution is 5.28. The molecule has 0 heterocycles. The van der Waals surface area contributed by atoms with Gasteiger partial charge in [-0.3, -0.25) is 0 Å². The number of aliphatic hydroxyl groups is 1. The van der Waals surface area contributed by atoms with Gasteiger partial charge in [-0.25, -0.2) is 0 Å². The van der Waals surface area contributed by atoms with Crippen molar-refractivity contribution in [1.82, 2.24) is 0 Å². The molecule has 2 fully saturated rings. The number of hydrogen-bond acceptors (Lipinski definition) is 2. The molecule has 2 nitrogen and oxygen atoms in total. The fourth-order valence-corrected chi connectivity index (χ4v) is 3.29. The van der Waals surface area contributed by atoms with Crippen molar-refractivity contribution >= 4 is 0 Å². The Balaban J connectivity index is 1.72. The molecule has 0 aliphatic heterocycles. The van der Waals surface area contributed by atoms with Crippen molar-refractivity contribution in [2.24, 2.45) is 11.7 Å². The highest BCUT2D eigenvalue weighted by atomic mass is 16.3. The van der Waals surface area contributed by atoms with E-state index in [1.807, 2.05) is 6.07 Å². The summed E-state index contributed by atoms with van der Waals surface area (Å²) >= 11 is 0. The first kappa shape index (κ1) is 10.3. The molecule has 0 radical (unpaired) electrons. The quantitative estimate of drug-likeness (QED) is 0.796. The molecule has 2 aliphatic rings. The zero-order valence-corrected chi connectivity index (χ0v) is 9.47. The van der Waals surface area contributed by atoms with Gasteiger partial charge in [0.05, 0.1) is 5.60 Å². The number of benzene rings is 1. The predicted octanol–water partition coefficient (Wildman–Crippen LogP) is 2.03. The molecule has 4 atom stereocenters. The van der Waals surface area contributed by atoms with Crippen LogP contribution >= 0.6 is 0 Å². The number of hydrogen-bond donors (Lipinski definition) is 2. The van der Waals surface area contributed by atoms with Crippen molar-refractivity contribution in [1.29, 1.82) is 0 Å². The van der Waals surface area contributed by atoms with Crippen molar-refractivity contribution in [3.63, 3.8) is 0 Å². The second-order valence-electron chi connectivity index (χ2n) is 5.47. The largest absolute Gasteiger partial charge is 0.390 e. The lowest BCUT2D eigenvalue weighted by atomic mass is 9.92. The van der Waals surface area contributed by atoms with Gasteiger partial charge in [0.1, 0.15) is 0 Å². The maximum atomic E-state index is 10.6. The Kier molecular flexibility index (Phi) is 2.30. The summed E-state index contributed by atoms with van der Waals surface area (Å²) in [6, 6.07) is 10.7. The summed E-state index contributed by atoms with van der Waals surface area (Å²) in [7, 11) is 0. The molecule has 16 heavy (non-hydrogen) atoms. The maximum absolute atomic E-state index is 10.6. The lowest BCUT2D eigenvalue weighted by Crippen LogP contribution is -2.30. The third kappa shape index (κ3) is 1.66. The van der Waals surface area contributed by atoms with Gasteiger partial charge in [0, 0.05) is 6.04 Å². The van der Waals surface area contributed by atoms with Crippen LogP contribution in [-0.2, 0) is 0 Å². The van der Waals surface area contributed by atoms with Gasteiger partial charge >= 0.3 is 0 Å². The minimum absolute atomic E-state index is 0.210. The summed E-state index contributed by atoms with van der Waals surface area (Å²) < 4.78 is 0. The van der Waals surface area contributed by atoms with E-state index in [2.05, 4.69) is 24.3 Å². The van der Waals surface area contributed by atoms with Crippen LogP contribution in [0.15, 0.2) is 30.3 Å². The summed E-state index contributed by atoms with van der Waals surface area (Å²) in [6.45, 7) is 0. The van der Waals surface area contributed by atoms with Crippen LogP contribution in [0, 0.1) is 5.92 Å². The Labute approximate surface area is 96.5 Å². The normalized spacial score (nSPS) is 42.2. The van der Waals surface area contributed by atoms with Crippen molar-refractivity contribution in [2.75, 3.05) is 0 Å². The van der Waals surface area contributed by atoms with Crippen molar-refractivity contribution in [3.05, 3.63) is 35.9 Å². The smallest absolute Gasteiger partial charge is 0.0697 e. The second-order valence-corrected chi connectivity index (χ2v) is 5.47. The molecule has 1 aromatic carbocycles. The summed E-state index contributed by atoms with van der Waals surface area (Å²) in [6.07, 6.45) is 3.80. The molecule has 2 heteroatoms. The van der Waals surface area contributed by atoms with Gasteiger partial charge in [-0.2, -0.15) is 0 Å². The van der Waals surface area contributed by atoms with E-state index < -0.39 is 5.60 Å². The van der Waals surface area contributed by atoms with E-state index in [9.17, 15) is 5.11 Å². The summed E-state index contributed by atoms with van der Waals surface area (Å²) in [5.74, 6) is 1.01. The van der Waals surface area contributed by atoms with E-state index in [0.29, 0.717) is 11.8 Å². The van der Waals surface area contributed by atoms with Gasteiger partial charge in [0.25, 0.3) is 0 Å². The zero-order chi connectivity index (χ0) is 11.2.